The van der Waals surface area contributed by atoms with Gasteiger partial charge in [0.2, 0.25) is 5.95 Å². The maximum Gasteiger partial charge on any atom is 0.338 e. The minimum atomic E-state index is -0.284. The Bertz CT molecular complexity index is 1020. The molecule has 29 heavy (non-hydrogen) atoms. The molecule has 1 aliphatic carbocycles. The lowest BCUT2D eigenvalue weighted by molar-refractivity contribution is 0.0597. The predicted molar refractivity (Wildman–Crippen MR) is 111 cm³/mol. The van der Waals surface area contributed by atoms with E-state index in [9.17, 15) is 9.59 Å². The summed E-state index contributed by atoms with van der Waals surface area (Å²) in [6.07, 6.45) is 5.68. The first kappa shape index (κ1) is 18.2. The van der Waals surface area contributed by atoms with Crippen molar-refractivity contribution in [3.63, 3.8) is 0 Å². The molecule has 7 nitrogen and oxygen atoms in total. The number of aryl methyl sites for hydroxylation is 1. The van der Waals surface area contributed by atoms with Crippen molar-refractivity contribution >= 4 is 17.6 Å². The molecular formula is C22H26N4O3. The molecule has 152 valence electrons. The zero-order chi connectivity index (χ0) is 20.0. The highest BCUT2D eigenvalue weighted by molar-refractivity contribution is 5.94. The third-order valence-corrected chi connectivity index (χ3v) is 6.82. The number of ether oxygens (including phenoxy) is 1. The highest BCUT2D eigenvalue weighted by Crippen LogP contribution is 2.46. The Kier molecular flexibility index (Phi) is 4.33. The van der Waals surface area contributed by atoms with Crippen molar-refractivity contribution < 1.29 is 9.53 Å². The van der Waals surface area contributed by atoms with Crippen molar-refractivity contribution in [1.29, 1.82) is 0 Å². The number of fused-ring (bicyclic) bond motifs is 3. The number of hydrogen-bond acceptors (Lipinski definition) is 6. The van der Waals surface area contributed by atoms with Crippen LogP contribution in [0.2, 0.25) is 0 Å². The van der Waals surface area contributed by atoms with Crippen LogP contribution in [0.5, 0.6) is 0 Å². The number of benzene rings is 1. The summed E-state index contributed by atoms with van der Waals surface area (Å²) in [6, 6.07) is 5.79. The zero-order valence-electron chi connectivity index (χ0n) is 16.7. The summed E-state index contributed by atoms with van der Waals surface area (Å²) < 4.78 is 5.03. The molecule has 0 saturated carbocycles. The number of carbonyl (C=O) groups excluding carboxylic acids is 1. The molecule has 1 aromatic carbocycles. The molecule has 0 amide bonds. The quantitative estimate of drug-likeness (QED) is 0.761. The van der Waals surface area contributed by atoms with Gasteiger partial charge in [0.1, 0.15) is 0 Å². The molecule has 1 spiro atoms. The largest absolute Gasteiger partial charge is 0.465 e. The van der Waals surface area contributed by atoms with Crippen molar-refractivity contribution in [3.8, 4) is 0 Å². The number of piperidine rings is 1. The molecule has 0 radical (unpaired) electrons. The van der Waals surface area contributed by atoms with Gasteiger partial charge in [-0.3, -0.25) is 9.78 Å². The van der Waals surface area contributed by atoms with E-state index in [2.05, 4.69) is 15.2 Å². The van der Waals surface area contributed by atoms with Crippen molar-refractivity contribution in [2.45, 2.75) is 43.9 Å². The summed E-state index contributed by atoms with van der Waals surface area (Å²) in [7, 11) is 1.43. The minimum Gasteiger partial charge on any atom is -0.465 e. The Morgan fingerprint density at radius 2 is 2.00 bits per heavy atom. The fourth-order valence-corrected chi connectivity index (χ4v) is 5.22. The lowest BCUT2D eigenvalue weighted by Gasteiger charge is -2.40. The van der Waals surface area contributed by atoms with E-state index in [4.69, 9.17) is 9.72 Å². The van der Waals surface area contributed by atoms with Crippen LogP contribution in [0, 0.1) is 0 Å². The summed E-state index contributed by atoms with van der Waals surface area (Å²) in [4.78, 5) is 34.8. The molecule has 0 atom stereocenters. The fourth-order valence-electron chi connectivity index (χ4n) is 5.22. The number of carbonyl (C=O) groups is 1. The van der Waals surface area contributed by atoms with Crippen LogP contribution in [0.4, 0.5) is 11.6 Å². The number of methoxy groups -OCH3 is 1. The van der Waals surface area contributed by atoms with E-state index < -0.39 is 0 Å². The Morgan fingerprint density at radius 3 is 2.79 bits per heavy atom. The number of H-pyrrole nitrogens is 1. The van der Waals surface area contributed by atoms with Gasteiger partial charge in [0.15, 0.2) is 0 Å². The molecule has 2 aromatic rings. The number of aromatic amines is 1. The monoisotopic (exact) mass is 394 g/mol. The van der Waals surface area contributed by atoms with Gasteiger partial charge in [-0.2, -0.15) is 0 Å². The molecule has 1 aromatic heterocycles. The van der Waals surface area contributed by atoms with E-state index >= 15 is 0 Å². The van der Waals surface area contributed by atoms with Crippen LogP contribution >= 0.6 is 0 Å². The second kappa shape index (κ2) is 6.90. The molecule has 2 N–H and O–H groups in total. The van der Waals surface area contributed by atoms with Gasteiger partial charge in [0, 0.05) is 36.3 Å². The smallest absolute Gasteiger partial charge is 0.338 e. The Hall–Kier alpha value is -2.83. The average molecular weight is 394 g/mol. The average Bonchev–Trinajstić information content (AvgIpc) is 3.12. The topological polar surface area (TPSA) is 87.3 Å². The fraction of sp³-hybridized carbons (Fsp3) is 0.500. The van der Waals surface area contributed by atoms with E-state index in [0.29, 0.717) is 11.5 Å². The second-order valence-electron chi connectivity index (χ2n) is 8.36. The third-order valence-electron chi connectivity index (χ3n) is 6.82. The molecule has 2 aliphatic heterocycles. The van der Waals surface area contributed by atoms with E-state index in [1.807, 2.05) is 18.2 Å². The minimum absolute atomic E-state index is 0.0193. The first-order chi connectivity index (χ1) is 14.1. The third kappa shape index (κ3) is 2.91. The predicted octanol–water partition coefficient (Wildman–Crippen LogP) is 2.40. The van der Waals surface area contributed by atoms with Crippen molar-refractivity contribution in [2.24, 2.45) is 0 Å². The van der Waals surface area contributed by atoms with Gasteiger partial charge < -0.3 is 15.0 Å². The highest BCUT2D eigenvalue weighted by atomic mass is 16.5. The first-order valence-electron chi connectivity index (χ1n) is 10.4. The lowest BCUT2D eigenvalue weighted by Crippen LogP contribution is -2.45. The maximum absolute atomic E-state index is 12.5. The Labute approximate surface area is 169 Å². The van der Waals surface area contributed by atoms with Gasteiger partial charge in [-0.1, -0.05) is 6.07 Å². The molecular weight excluding hydrogens is 368 g/mol. The second-order valence-corrected chi connectivity index (χ2v) is 8.36. The standard InChI is InChI=1S/C22H26N4O3/c1-29-20(28)15-6-4-8-17-18(15)22(13-23-17)9-11-26(12-10-22)21-24-16-7-3-2-5-14(16)19(27)25-21/h4,6,8,23H,2-3,5,7,9-13H2,1H3,(H,24,25,27). The molecule has 5 rings (SSSR count). The first-order valence-corrected chi connectivity index (χ1v) is 10.4. The number of anilines is 2. The summed E-state index contributed by atoms with van der Waals surface area (Å²) >= 11 is 0. The summed E-state index contributed by atoms with van der Waals surface area (Å²) in [6.45, 7) is 2.40. The van der Waals surface area contributed by atoms with Gasteiger partial charge in [-0.25, -0.2) is 9.78 Å². The Morgan fingerprint density at radius 1 is 1.21 bits per heavy atom. The number of esters is 1. The Balaban J connectivity index is 1.42. The maximum atomic E-state index is 12.5. The van der Waals surface area contributed by atoms with Crippen molar-refractivity contribution in [3.05, 3.63) is 50.9 Å². The van der Waals surface area contributed by atoms with Gasteiger partial charge in [0.25, 0.3) is 5.56 Å². The van der Waals surface area contributed by atoms with Crippen molar-refractivity contribution in [1.82, 2.24) is 9.97 Å². The highest BCUT2D eigenvalue weighted by Gasteiger charge is 2.44. The summed E-state index contributed by atoms with van der Waals surface area (Å²) in [5.74, 6) is 0.408. The van der Waals surface area contributed by atoms with Crippen LogP contribution in [0.3, 0.4) is 0 Å². The number of hydrogen-bond donors (Lipinski definition) is 2. The van der Waals surface area contributed by atoms with Gasteiger partial charge in [0.05, 0.1) is 18.4 Å². The normalized spacial score (nSPS) is 19.4. The zero-order valence-corrected chi connectivity index (χ0v) is 16.7. The van der Waals surface area contributed by atoms with E-state index in [-0.39, 0.29) is 16.9 Å². The summed E-state index contributed by atoms with van der Waals surface area (Å²) in [5, 5.41) is 3.48. The van der Waals surface area contributed by atoms with E-state index in [1.54, 1.807) is 0 Å². The number of aromatic nitrogens is 2. The molecule has 7 heteroatoms. The lowest BCUT2D eigenvalue weighted by atomic mass is 9.72. The van der Waals surface area contributed by atoms with Crippen molar-refractivity contribution in [2.75, 3.05) is 37.0 Å². The SMILES string of the molecule is COC(=O)c1cccc2c1C1(CCN(c3nc4c(c(=O)[nH]3)CCCC4)CC1)CN2. The van der Waals surface area contributed by atoms with Crippen LogP contribution in [-0.2, 0) is 23.0 Å². The number of nitrogens with zero attached hydrogens (tertiary/aromatic N) is 2. The van der Waals surface area contributed by atoms with E-state index in [1.165, 1.54) is 7.11 Å². The molecule has 0 bridgehead atoms. The molecule has 0 unspecified atom stereocenters. The molecule has 1 fully saturated rings. The number of rotatable bonds is 2. The van der Waals surface area contributed by atoms with Gasteiger partial charge >= 0.3 is 5.97 Å². The molecule has 1 saturated heterocycles. The molecule has 3 aliphatic rings. The number of nitrogens with one attached hydrogen (secondary N) is 2. The van der Waals surface area contributed by atoms with Gasteiger partial charge in [-0.05, 0) is 56.2 Å². The van der Waals surface area contributed by atoms with Gasteiger partial charge in [-0.15, -0.1) is 0 Å². The van der Waals surface area contributed by atoms with Crippen LogP contribution < -0.4 is 15.8 Å². The summed E-state index contributed by atoms with van der Waals surface area (Å²) in [5.41, 5.74) is 4.53. The van der Waals surface area contributed by atoms with Crippen LogP contribution in [0.25, 0.3) is 0 Å². The van der Waals surface area contributed by atoms with Crippen LogP contribution in [-0.4, -0.2) is 42.7 Å². The van der Waals surface area contributed by atoms with E-state index in [0.717, 1.165) is 80.7 Å². The van der Waals surface area contributed by atoms with Crippen LogP contribution in [0.1, 0.15) is 52.9 Å². The molecule has 3 heterocycles. The van der Waals surface area contributed by atoms with Crippen LogP contribution in [0.15, 0.2) is 23.0 Å².